The van der Waals surface area contributed by atoms with Gasteiger partial charge in [0.2, 0.25) is 0 Å². The zero-order valence-electron chi connectivity index (χ0n) is 23.1. The third-order valence-electron chi connectivity index (χ3n) is 8.80. The summed E-state index contributed by atoms with van der Waals surface area (Å²) in [5.41, 5.74) is 10.1. The van der Waals surface area contributed by atoms with Crippen molar-refractivity contribution < 1.29 is 0 Å². The van der Waals surface area contributed by atoms with E-state index in [1.54, 1.807) is 0 Å². The van der Waals surface area contributed by atoms with Crippen LogP contribution in [0.5, 0.6) is 0 Å². The van der Waals surface area contributed by atoms with Crippen LogP contribution in [0.1, 0.15) is 37.5 Å². The number of fused-ring (bicyclic) bond motifs is 8. The summed E-state index contributed by atoms with van der Waals surface area (Å²) in [6, 6.07) is 38.7. The van der Waals surface area contributed by atoms with Gasteiger partial charge in [-0.1, -0.05) is 93.6 Å². The van der Waals surface area contributed by atoms with E-state index in [4.69, 9.17) is 0 Å². The number of nitrogens with zero attached hydrogens (tertiary/aromatic N) is 4. The average molecular weight is 524 g/mol. The predicted molar refractivity (Wildman–Crippen MR) is 169 cm³/mol. The molecular weight excluding hydrogens is 499 g/mol. The fraction of sp³-hybridized carbons (Fsp3) is 0.111. The first-order chi connectivity index (χ1) is 19.9. The standard InChI is InChI=1S/C36H25BN4/c1-36(2,3)24-17-18-25-26-13-8-15-30-35(26)40(32(25)19-24)31-16-5-4-14-29(31)37(30)41-33-22(20-38)9-6-11-27(33)28-12-7-10-23(21-39)34(28)41/h4-19H,1-3H3. The van der Waals surface area contributed by atoms with E-state index in [0.717, 1.165) is 38.4 Å². The first kappa shape index (κ1) is 23.6. The molecule has 7 aromatic rings. The van der Waals surface area contributed by atoms with E-state index in [1.165, 1.54) is 27.4 Å². The molecule has 0 aliphatic carbocycles. The number of rotatable bonds is 1. The Labute approximate surface area is 238 Å². The second-order valence-electron chi connectivity index (χ2n) is 12.0. The Bertz CT molecular complexity index is 2260. The summed E-state index contributed by atoms with van der Waals surface area (Å²) in [5, 5.41) is 24.9. The molecule has 0 saturated carbocycles. The fourth-order valence-corrected chi connectivity index (χ4v) is 6.99. The van der Waals surface area contributed by atoms with Gasteiger partial charge >= 0.3 is 6.85 Å². The lowest BCUT2D eigenvalue weighted by molar-refractivity contribution is 0.591. The molecule has 2 aromatic heterocycles. The Hall–Kier alpha value is -5.26. The average Bonchev–Trinajstić information content (AvgIpc) is 3.51. The number of hydrogen-bond acceptors (Lipinski definition) is 2. The van der Waals surface area contributed by atoms with E-state index in [2.05, 4.69) is 115 Å². The predicted octanol–water partition coefficient (Wildman–Crippen LogP) is 6.90. The molecule has 0 saturated heterocycles. The molecule has 0 amide bonds. The summed E-state index contributed by atoms with van der Waals surface area (Å²) in [6.45, 7) is 6.54. The molecule has 0 N–H and O–H groups in total. The molecule has 0 radical (unpaired) electrons. The van der Waals surface area contributed by atoms with Gasteiger partial charge in [0.1, 0.15) is 12.1 Å². The molecule has 0 spiro atoms. The lowest BCUT2D eigenvalue weighted by atomic mass is 9.48. The van der Waals surface area contributed by atoms with Crippen LogP contribution in [-0.4, -0.2) is 15.9 Å². The fourth-order valence-electron chi connectivity index (χ4n) is 6.99. The largest absolute Gasteiger partial charge is 0.374 e. The lowest BCUT2D eigenvalue weighted by Crippen LogP contribution is -2.53. The zero-order chi connectivity index (χ0) is 28.0. The molecule has 0 fully saturated rings. The van der Waals surface area contributed by atoms with E-state index in [1.807, 2.05) is 24.3 Å². The Balaban J connectivity index is 1.60. The normalized spacial score (nSPS) is 12.7. The van der Waals surface area contributed by atoms with Gasteiger partial charge in [0.05, 0.1) is 33.2 Å². The van der Waals surface area contributed by atoms with E-state index < -0.39 is 0 Å². The highest BCUT2D eigenvalue weighted by atomic mass is 15.0. The molecule has 1 aliphatic rings. The minimum Gasteiger partial charge on any atom is -0.374 e. The number of para-hydroxylation sites is 4. The van der Waals surface area contributed by atoms with Gasteiger partial charge in [-0.25, -0.2) is 0 Å². The molecule has 4 nitrogen and oxygen atoms in total. The summed E-state index contributed by atoms with van der Waals surface area (Å²) in [5.74, 6) is 0. The minimum absolute atomic E-state index is 0.0227. The van der Waals surface area contributed by atoms with Crippen LogP contribution in [-0.2, 0) is 5.41 Å². The first-order valence-electron chi connectivity index (χ1n) is 13.9. The molecule has 0 atom stereocenters. The first-order valence-corrected chi connectivity index (χ1v) is 13.9. The van der Waals surface area contributed by atoms with Gasteiger partial charge in [-0.2, -0.15) is 10.5 Å². The maximum absolute atomic E-state index is 10.3. The topological polar surface area (TPSA) is 57.4 Å². The molecule has 5 aromatic carbocycles. The number of benzene rings is 5. The van der Waals surface area contributed by atoms with Crippen LogP contribution in [0.15, 0.2) is 97.1 Å². The van der Waals surface area contributed by atoms with Crippen molar-refractivity contribution in [3.63, 3.8) is 0 Å². The van der Waals surface area contributed by atoms with Crippen LogP contribution in [0.4, 0.5) is 0 Å². The van der Waals surface area contributed by atoms with Crippen LogP contribution >= 0.6 is 0 Å². The molecule has 8 rings (SSSR count). The van der Waals surface area contributed by atoms with Crippen LogP contribution in [0.25, 0.3) is 49.3 Å². The molecule has 0 unspecified atom stereocenters. The quantitative estimate of drug-likeness (QED) is 0.219. The molecule has 5 heteroatoms. The van der Waals surface area contributed by atoms with Crippen molar-refractivity contribution in [3.8, 4) is 17.8 Å². The Morgan fingerprint density at radius 1 is 0.610 bits per heavy atom. The molecule has 192 valence electrons. The van der Waals surface area contributed by atoms with Crippen molar-refractivity contribution in [1.29, 1.82) is 10.5 Å². The van der Waals surface area contributed by atoms with Crippen LogP contribution in [0, 0.1) is 22.7 Å². The van der Waals surface area contributed by atoms with E-state index in [0.29, 0.717) is 11.1 Å². The zero-order valence-corrected chi connectivity index (χ0v) is 23.1. The minimum atomic E-state index is -0.224. The van der Waals surface area contributed by atoms with Crippen molar-refractivity contribution in [3.05, 3.63) is 114 Å². The van der Waals surface area contributed by atoms with Gasteiger partial charge in [-0.15, -0.1) is 0 Å². The Morgan fingerprint density at radius 2 is 1.20 bits per heavy atom. The molecule has 3 heterocycles. The SMILES string of the molecule is CC(C)(C)c1ccc2c3cccc4c3n(c2c1)-c1ccccc1B4n1c2c(C#N)cccc2c2cccc(C#N)c21. The maximum Gasteiger partial charge on any atom is 0.332 e. The maximum atomic E-state index is 10.3. The van der Waals surface area contributed by atoms with Crippen molar-refractivity contribution in [2.24, 2.45) is 0 Å². The van der Waals surface area contributed by atoms with Gasteiger partial charge in [0.25, 0.3) is 0 Å². The van der Waals surface area contributed by atoms with Crippen molar-refractivity contribution in [1.82, 2.24) is 9.05 Å². The summed E-state index contributed by atoms with van der Waals surface area (Å²) < 4.78 is 4.68. The van der Waals surface area contributed by atoms with Crippen molar-refractivity contribution in [2.75, 3.05) is 0 Å². The van der Waals surface area contributed by atoms with Gasteiger partial charge in [0, 0.05) is 27.2 Å². The van der Waals surface area contributed by atoms with Crippen LogP contribution in [0.2, 0.25) is 0 Å². The second-order valence-corrected chi connectivity index (χ2v) is 12.0. The van der Waals surface area contributed by atoms with E-state index >= 15 is 0 Å². The van der Waals surface area contributed by atoms with Gasteiger partial charge < -0.3 is 9.05 Å². The van der Waals surface area contributed by atoms with Crippen molar-refractivity contribution >= 4 is 61.4 Å². The summed E-state index contributed by atoms with van der Waals surface area (Å²) >= 11 is 0. The third kappa shape index (κ3) is 3.04. The second kappa shape index (κ2) is 8.13. The number of aromatic nitrogens is 2. The van der Waals surface area contributed by atoms with Gasteiger partial charge in [0.15, 0.2) is 0 Å². The van der Waals surface area contributed by atoms with Crippen LogP contribution < -0.4 is 10.9 Å². The van der Waals surface area contributed by atoms with Gasteiger partial charge in [-0.3, -0.25) is 0 Å². The Kier molecular flexibility index (Phi) is 4.69. The smallest absolute Gasteiger partial charge is 0.332 e. The number of hydrogen-bond donors (Lipinski definition) is 0. The molecular formula is C36H25BN4. The highest BCUT2D eigenvalue weighted by Gasteiger charge is 2.37. The third-order valence-corrected chi connectivity index (χ3v) is 8.80. The Morgan fingerprint density at radius 3 is 1.83 bits per heavy atom. The van der Waals surface area contributed by atoms with E-state index in [9.17, 15) is 10.5 Å². The van der Waals surface area contributed by atoms with Crippen molar-refractivity contribution in [2.45, 2.75) is 26.2 Å². The summed E-state index contributed by atoms with van der Waals surface area (Å²) in [4.78, 5) is 0. The highest BCUT2D eigenvalue weighted by Crippen LogP contribution is 2.38. The summed E-state index contributed by atoms with van der Waals surface area (Å²) in [6.07, 6.45) is 0. The molecule has 1 aliphatic heterocycles. The summed E-state index contributed by atoms with van der Waals surface area (Å²) in [7, 11) is 0. The number of nitriles is 2. The van der Waals surface area contributed by atoms with Crippen LogP contribution in [0.3, 0.4) is 0 Å². The van der Waals surface area contributed by atoms with Gasteiger partial charge in [-0.05, 0) is 46.2 Å². The lowest BCUT2D eigenvalue weighted by Gasteiger charge is -2.28. The molecule has 41 heavy (non-hydrogen) atoms. The monoisotopic (exact) mass is 524 g/mol. The van der Waals surface area contributed by atoms with E-state index in [-0.39, 0.29) is 12.3 Å². The molecule has 0 bridgehead atoms. The highest BCUT2D eigenvalue weighted by molar-refractivity contribution is 6.88.